The predicted octanol–water partition coefficient (Wildman–Crippen LogP) is 4.93. The maximum atomic E-state index is 4.70. The van der Waals surface area contributed by atoms with Crippen molar-refractivity contribution in [3.8, 4) is 0 Å². The van der Waals surface area contributed by atoms with Crippen LogP contribution in [0.4, 0.5) is 16.6 Å². The molecular weight excluding hydrogens is 362 g/mol. The van der Waals surface area contributed by atoms with Gasteiger partial charge in [-0.25, -0.2) is 9.97 Å². The van der Waals surface area contributed by atoms with E-state index in [0.29, 0.717) is 18.1 Å². The quantitative estimate of drug-likeness (QED) is 0.644. The molecule has 134 valence electrons. The molecule has 1 fully saturated rings. The number of benzene rings is 1. The summed E-state index contributed by atoms with van der Waals surface area (Å²) >= 11 is 3.55. The summed E-state index contributed by atoms with van der Waals surface area (Å²) in [6, 6.07) is 14.0. The van der Waals surface area contributed by atoms with Crippen LogP contribution in [0.25, 0.3) is 10.2 Å². The molecule has 26 heavy (non-hydrogen) atoms. The van der Waals surface area contributed by atoms with E-state index in [0.717, 1.165) is 29.3 Å². The first-order chi connectivity index (χ1) is 12.7. The Morgan fingerprint density at radius 1 is 1.15 bits per heavy atom. The molecule has 0 spiro atoms. The minimum atomic E-state index is 0.449. The molecular formula is C19H21N5S2. The summed E-state index contributed by atoms with van der Waals surface area (Å²) in [6.07, 6.45) is 4.13. The first kappa shape index (κ1) is 16.2. The second-order valence-electron chi connectivity index (χ2n) is 7.13. The van der Waals surface area contributed by atoms with Crippen molar-refractivity contribution in [3.63, 3.8) is 0 Å². The van der Waals surface area contributed by atoms with Crippen molar-refractivity contribution in [1.29, 1.82) is 0 Å². The van der Waals surface area contributed by atoms with E-state index < -0.39 is 0 Å². The Morgan fingerprint density at radius 3 is 2.81 bits per heavy atom. The Morgan fingerprint density at radius 2 is 2.00 bits per heavy atom. The number of fused-ring (bicyclic) bond motifs is 2. The summed E-state index contributed by atoms with van der Waals surface area (Å²) in [5.41, 5.74) is 2.31. The minimum absolute atomic E-state index is 0.449. The number of anilines is 3. The van der Waals surface area contributed by atoms with Crippen LogP contribution >= 0.6 is 23.5 Å². The van der Waals surface area contributed by atoms with Gasteiger partial charge < -0.3 is 5.32 Å². The van der Waals surface area contributed by atoms with Crippen LogP contribution in [0, 0.1) is 0 Å². The van der Waals surface area contributed by atoms with Crippen molar-refractivity contribution < 1.29 is 0 Å². The first-order valence-electron chi connectivity index (χ1n) is 9.03. The zero-order chi connectivity index (χ0) is 17.7. The average Bonchev–Trinajstić information content (AvgIpc) is 3.19. The summed E-state index contributed by atoms with van der Waals surface area (Å²) in [6.45, 7) is 4.46. The second kappa shape index (κ2) is 6.32. The van der Waals surface area contributed by atoms with Gasteiger partial charge in [-0.2, -0.15) is 0 Å². The lowest BCUT2D eigenvalue weighted by molar-refractivity contribution is 0.379. The molecule has 3 heterocycles. The maximum Gasteiger partial charge on any atom is 0.184 e. The van der Waals surface area contributed by atoms with Crippen LogP contribution in [-0.4, -0.2) is 28.1 Å². The van der Waals surface area contributed by atoms with Gasteiger partial charge >= 0.3 is 0 Å². The van der Waals surface area contributed by atoms with Gasteiger partial charge in [-0.3, -0.25) is 8.61 Å². The van der Waals surface area contributed by atoms with Crippen LogP contribution in [-0.2, 0) is 0 Å². The van der Waals surface area contributed by atoms with Crippen molar-refractivity contribution in [2.24, 2.45) is 0 Å². The highest BCUT2D eigenvalue weighted by Gasteiger charge is 2.41. The third-order valence-electron chi connectivity index (χ3n) is 4.92. The van der Waals surface area contributed by atoms with Gasteiger partial charge in [-0.05, 0) is 51.0 Å². The molecule has 0 saturated heterocycles. The molecule has 3 aromatic rings. The predicted molar refractivity (Wildman–Crippen MR) is 112 cm³/mol. The number of hydrogen-bond donors (Lipinski definition) is 1. The number of thiazole rings is 1. The molecule has 0 amide bonds. The number of nitrogens with zero attached hydrogens (tertiary/aromatic N) is 4. The topological polar surface area (TPSA) is 44.3 Å². The molecule has 7 heteroatoms. The van der Waals surface area contributed by atoms with Gasteiger partial charge in [0.1, 0.15) is 0 Å². The summed E-state index contributed by atoms with van der Waals surface area (Å²) in [4.78, 5) is 9.34. The molecule has 1 N–H and O–H groups in total. The number of hydrogen-bond acceptors (Lipinski definition) is 7. The highest BCUT2D eigenvalue weighted by molar-refractivity contribution is 8.02. The van der Waals surface area contributed by atoms with E-state index in [1.165, 1.54) is 10.4 Å². The molecule has 0 atom stereocenters. The standard InChI is InChI=1S/C19H21N5S2/c1-12(2)23-16-7-5-9-20-18(16)24(26-23)14-10-13(11-14)21-19-22-15-6-3-4-8-17(15)25-19/h3-9,12-14H,10-11H2,1-2H3,(H,21,22). The first-order valence-corrected chi connectivity index (χ1v) is 10.6. The van der Waals surface area contributed by atoms with Gasteiger partial charge in [0.15, 0.2) is 10.9 Å². The number of pyridine rings is 1. The fraction of sp³-hybridized carbons (Fsp3) is 0.368. The van der Waals surface area contributed by atoms with Crippen molar-refractivity contribution in [1.82, 2.24) is 9.97 Å². The number of nitrogens with one attached hydrogen (secondary N) is 1. The van der Waals surface area contributed by atoms with Gasteiger partial charge in [-0.1, -0.05) is 23.5 Å². The molecule has 0 radical (unpaired) electrons. The van der Waals surface area contributed by atoms with Crippen molar-refractivity contribution in [3.05, 3.63) is 42.6 Å². The number of aromatic nitrogens is 2. The van der Waals surface area contributed by atoms with Crippen molar-refractivity contribution in [2.45, 2.75) is 44.8 Å². The molecule has 1 saturated carbocycles. The maximum absolute atomic E-state index is 4.70. The van der Waals surface area contributed by atoms with Crippen LogP contribution in [0.5, 0.6) is 0 Å². The molecule has 0 unspecified atom stereocenters. The van der Waals surface area contributed by atoms with Crippen LogP contribution in [0.15, 0.2) is 42.6 Å². The van der Waals surface area contributed by atoms with Crippen LogP contribution < -0.4 is 13.9 Å². The highest BCUT2D eigenvalue weighted by Crippen LogP contribution is 2.48. The Kier molecular flexibility index (Phi) is 3.94. The molecule has 5 nitrogen and oxygen atoms in total. The number of rotatable bonds is 4. The van der Waals surface area contributed by atoms with Crippen LogP contribution in [0.3, 0.4) is 0 Å². The normalized spacial score (nSPS) is 22.0. The van der Waals surface area contributed by atoms with Gasteiger partial charge in [0, 0.05) is 24.3 Å². The molecule has 0 bridgehead atoms. The van der Waals surface area contributed by atoms with E-state index in [4.69, 9.17) is 4.98 Å². The molecule has 1 aliphatic carbocycles. The zero-order valence-electron chi connectivity index (χ0n) is 14.8. The SMILES string of the molecule is CC(C)N1SN(C2CC(Nc3nc4ccccc4s3)C2)c2ncccc21. The van der Waals surface area contributed by atoms with Gasteiger partial charge in [0.05, 0.1) is 28.0 Å². The van der Waals surface area contributed by atoms with E-state index in [2.05, 4.69) is 57.0 Å². The van der Waals surface area contributed by atoms with E-state index in [1.807, 2.05) is 18.3 Å². The lowest BCUT2D eigenvalue weighted by Gasteiger charge is -2.41. The Balaban J connectivity index is 1.27. The number of para-hydroxylation sites is 1. The highest BCUT2D eigenvalue weighted by atomic mass is 32.2. The summed E-state index contributed by atoms with van der Waals surface area (Å²) in [5.74, 6) is 1.11. The molecule has 1 aromatic carbocycles. The Bertz CT molecular complexity index is 901. The van der Waals surface area contributed by atoms with E-state index in [-0.39, 0.29) is 0 Å². The average molecular weight is 384 g/mol. The molecule has 2 aliphatic rings. The van der Waals surface area contributed by atoms with Crippen molar-refractivity contribution in [2.75, 3.05) is 13.9 Å². The van der Waals surface area contributed by atoms with Crippen LogP contribution in [0.2, 0.25) is 0 Å². The molecule has 1 aliphatic heterocycles. The lowest BCUT2D eigenvalue weighted by Crippen LogP contribution is -2.47. The monoisotopic (exact) mass is 383 g/mol. The third-order valence-corrected chi connectivity index (χ3v) is 7.33. The zero-order valence-corrected chi connectivity index (χ0v) is 16.4. The summed E-state index contributed by atoms with van der Waals surface area (Å²) < 4.78 is 5.99. The van der Waals surface area contributed by atoms with Crippen LogP contribution in [0.1, 0.15) is 26.7 Å². The van der Waals surface area contributed by atoms with E-state index in [9.17, 15) is 0 Å². The summed E-state index contributed by atoms with van der Waals surface area (Å²) in [7, 11) is 0. The summed E-state index contributed by atoms with van der Waals surface area (Å²) in [5, 5.41) is 4.65. The Labute approximate surface area is 161 Å². The fourth-order valence-electron chi connectivity index (χ4n) is 3.53. The van der Waals surface area contributed by atoms with Crippen molar-refractivity contribution >= 4 is 50.3 Å². The molecule has 5 rings (SSSR count). The van der Waals surface area contributed by atoms with E-state index in [1.54, 1.807) is 23.5 Å². The smallest absolute Gasteiger partial charge is 0.184 e. The molecule has 2 aromatic heterocycles. The minimum Gasteiger partial charge on any atom is -0.359 e. The fourth-order valence-corrected chi connectivity index (χ4v) is 5.60. The van der Waals surface area contributed by atoms with E-state index >= 15 is 0 Å². The second-order valence-corrected chi connectivity index (χ2v) is 9.11. The largest absolute Gasteiger partial charge is 0.359 e. The van der Waals surface area contributed by atoms with Gasteiger partial charge in [-0.15, -0.1) is 0 Å². The lowest BCUT2D eigenvalue weighted by atomic mass is 9.87. The third kappa shape index (κ3) is 2.70. The Hall–Kier alpha value is -1.99. The van der Waals surface area contributed by atoms with Gasteiger partial charge in [0.25, 0.3) is 0 Å². The van der Waals surface area contributed by atoms with Gasteiger partial charge in [0.2, 0.25) is 0 Å².